The largest absolute Gasteiger partial charge is 0.483 e. The number of nitrogens with zero attached hydrogens (tertiary/aromatic N) is 1. The third-order valence-electron chi connectivity index (χ3n) is 2.59. The number of rotatable bonds is 6. The van der Waals surface area contributed by atoms with Crippen LogP contribution < -0.4 is 15.4 Å². The summed E-state index contributed by atoms with van der Waals surface area (Å²) in [5.74, 6) is 1.44. The molecule has 1 aromatic carbocycles. The van der Waals surface area contributed by atoms with E-state index < -0.39 is 0 Å². The first-order chi connectivity index (χ1) is 9.69. The minimum atomic E-state index is -0.280. The Morgan fingerprint density at radius 2 is 2.20 bits per heavy atom. The quantitative estimate of drug-likeness (QED) is 0.839. The van der Waals surface area contributed by atoms with E-state index in [4.69, 9.17) is 9.26 Å². The maximum absolute atomic E-state index is 11.7. The first-order valence-corrected chi connectivity index (χ1v) is 6.27. The molecule has 0 aliphatic heterocycles. The lowest BCUT2D eigenvalue weighted by Gasteiger charge is -2.10. The first-order valence-electron chi connectivity index (χ1n) is 6.27. The van der Waals surface area contributed by atoms with Gasteiger partial charge in [0.15, 0.2) is 12.4 Å². The van der Waals surface area contributed by atoms with Gasteiger partial charge in [0.25, 0.3) is 5.91 Å². The van der Waals surface area contributed by atoms with Crippen molar-refractivity contribution in [1.29, 1.82) is 0 Å². The van der Waals surface area contributed by atoms with Crippen LogP contribution in [0.2, 0.25) is 0 Å². The lowest BCUT2D eigenvalue weighted by molar-refractivity contribution is -0.118. The number of para-hydroxylation sites is 1. The molecule has 0 spiro atoms. The molecule has 2 N–H and O–H groups in total. The molecule has 106 valence electrons. The molecule has 0 bridgehead atoms. The molecule has 0 aliphatic rings. The maximum Gasteiger partial charge on any atom is 0.263 e. The number of nitrogens with one attached hydrogen (secondary N) is 2. The van der Waals surface area contributed by atoms with Gasteiger partial charge in [-0.2, -0.15) is 0 Å². The summed E-state index contributed by atoms with van der Waals surface area (Å²) in [5.41, 5.74) is 1.00. The monoisotopic (exact) mass is 275 g/mol. The number of carbonyl (C=O) groups is 1. The molecule has 0 fully saturated rings. The lowest BCUT2D eigenvalue weighted by Crippen LogP contribution is -2.21. The molecule has 0 radical (unpaired) electrons. The molecule has 6 heteroatoms. The fourth-order valence-corrected chi connectivity index (χ4v) is 1.73. The van der Waals surface area contributed by atoms with Crippen LogP contribution >= 0.6 is 0 Å². The van der Waals surface area contributed by atoms with E-state index in [1.54, 1.807) is 13.0 Å². The van der Waals surface area contributed by atoms with E-state index in [9.17, 15) is 4.79 Å². The van der Waals surface area contributed by atoms with E-state index in [0.29, 0.717) is 23.9 Å². The van der Waals surface area contributed by atoms with Gasteiger partial charge in [-0.3, -0.25) is 4.79 Å². The van der Waals surface area contributed by atoms with Gasteiger partial charge in [0.1, 0.15) is 11.5 Å². The minimum Gasteiger partial charge on any atom is -0.483 e. The molecule has 0 aliphatic carbocycles. The Kier molecular flexibility index (Phi) is 4.73. The molecule has 1 amide bonds. The number of ether oxygens (including phenoxy) is 1. The standard InChI is InChI=1S/C14H17N3O3/c1-10-7-13(17-20-10)16-14(18)9-19-12-6-4-3-5-11(12)8-15-2/h3-7,15H,8-9H2,1-2H3,(H,16,17,18). The van der Waals surface area contributed by atoms with E-state index in [0.717, 1.165) is 5.56 Å². The topological polar surface area (TPSA) is 76.4 Å². The molecular weight excluding hydrogens is 258 g/mol. The predicted octanol–water partition coefficient (Wildman–Crippen LogP) is 1.72. The van der Waals surface area contributed by atoms with Crippen molar-refractivity contribution >= 4 is 11.7 Å². The van der Waals surface area contributed by atoms with Crippen molar-refractivity contribution < 1.29 is 14.1 Å². The van der Waals surface area contributed by atoms with Gasteiger partial charge in [0.05, 0.1) is 0 Å². The molecule has 1 aromatic heterocycles. The van der Waals surface area contributed by atoms with Crippen LogP contribution in [-0.4, -0.2) is 24.7 Å². The summed E-state index contributed by atoms with van der Waals surface area (Å²) >= 11 is 0. The van der Waals surface area contributed by atoms with Crippen molar-refractivity contribution in [3.63, 3.8) is 0 Å². The second-order valence-corrected chi connectivity index (χ2v) is 4.30. The fourth-order valence-electron chi connectivity index (χ4n) is 1.73. The summed E-state index contributed by atoms with van der Waals surface area (Å²) in [6, 6.07) is 9.23. The van der Waals surface area contributed by atoms with Crippen LogP contribution in [0.25, 0.3) is 0 Å². The van der Waals surface area contributed by atoms with E-state index in [-0.39, 0.29) is 12.5 Å². The molecule has 2 aromatic rings. The van der Waals surface area contributed by atoms with Crippen LogP contribution in [0.1, 0.15) is 11.3 Å². The summed E-state index contributed by atoms with van der Waals surface area (Å²) in [6.45, 7) is 2.36. The Bertz CT molecular complexity index is 581. The Morgan fingerprint density at radius 3 is 2.90 bits per heavy atom. The highest BCUT2D eigenvalue weighted by Crippen LogP contribution is 2.17. The van der Waals surface area contributed by atoms with Gasteiger partial charge in [-0.05, 0) is 20.0 Å². The smallest absolute Gasteiger partial charge is 0.263 e. The average Bonchev–Trinajstić information content (AvgIpc) is 2.83. The van der Waals surface area contributed by atoms with Gasteiger partial charge in [0.2, 0.25) is 0 Å². The Morgan fingerprint density at radius 1 is 1.40 bits per heavy atom. The Balaban J connectivity index is 1.90. The molecule has 1 heterocycles. The van der Waals surface area contributed by atoms with Crippen molar-refractivity contribution in [3.8, 4) is 5.75 Å². The minimum absolute atomic E-state index is 0.0768. The molecule has 0 saturated heterocycles. The van der Waals surface area contributed by atoms with E-state index in [1.165, 1.54) is 0 Å². The summed E-state index contributed by atoms with van der Waals surface area (Å²) < 4.78 is 10.4. The van der Waals surface area contributed by atoms with Gasteiger partial charge in [-0.1, -0.05) is 23.4 Å². The van der Waals surface area contributed by atoms with Crippen molar-refractivity contribution in [2.24, 2.45) is 0 Å². The van der Waals surface area contributed by atoms with Gasteiger partial charge in [-0.25, -0.2) is 0 Å². The highest BCUT2D eigenvalue weighted by Gasteiger charge is 2.08. The summed E-state index contributed by atoms with van der Waals surface area (Å²) in [5, 5.41) is 9.34. The third-order valence-corrected chi connectivity index (χ3v) is 2.59. The molecule has 0 saturated carbocycles. The summed E-state index contributed by atoms with van der Waals surface area (Å²) in [7, 11) is 1.86. The van der Waals surface area contributed by atoms with Crippen LogP contribution in [0, 0.1) is 6.92 Å². The molecule has 20 heavy (non-hydrogen) atoms. The second kappa shape index (κ2) is 6.72. The van der Waals surface area contributed by atoms with Gasteiger partial charge in [0, 0.05) is 18.2 Å². The van der Waals surface area contributed by atoms with Gasteiger partial charge >= 0.3 is 0 Å². The van der Waals surface area contributed by atoms with Crippen molar-refractivity contribution in [1.82, 2.24) is 10.5 Å². The van der Waals surface area contributed by atoms with Crippen molar-refractivity contribution in [2.75, 3.05) is 19.0 Å². The first kappa shape index (κ1) is 14.1. The van der Waals surface area contributed by atoms with Crippen LogP contribution in [0.3, 0.4) is 0 Å². The SMILES string of the molecule is CNCc1ccccc1OCC(=O)Nc1cc(C)on1. The molecule has 2 rings (SSSR count). The van der Waals surface area contributed by atoms with Crippen LogP contribution in [-0.2, 0) is 11.3 Å². The average molecular weight is 275 g/mol. The van der Waals surface area contributed by atoms with Crippen LogP contribution in [0.5, 0.6) is 5.75 Å². The Labute approximate surface area is 117 Å². The number of carbonyl (C=O) groups excluding carboxylic acids is 1. The number of benzene rings is 1. The highest BCUT2D eigenvalue weighted by molar-refractivity contribution is 5.90. The summed E-state index contributed by atoms with van der Waals surface area (Å²) in [4.78, 5) is 11.7. The number of aryl methyl sites for hydroxylation is 1. The normalized spacial score (nSPS) is 10.3. The predicted molar refractivity (Wildman–Crippen MR) is 74.6 cm³/mol. The molecule has 6 nitrogen and oxygen atoms in total. The van der Waals surface area contributed by atoms with Gasteiger partial charge in [-0.15, -0.1) is 0 Å². The second-order valence-electron chi connectivity index (χ2n) is 4.30. The Hall–Kier alpha value is -2.34. The third kappa shape index (κ3) is 3.83. The van der Waals surface area contributed by atoms with Gasteiger partial charge < -0.3 is 19.9 Å². The zero-order valence-corrected chi connectivity index (χ0v) is 11.5. The fraction of sp³-hybridized carbons (Fsp3) is 0.286. The zero-order chi connectivity index (χ0) is 14.4. The maximum atomic E-state index is 11.7. The highest BCUT2D eigenvalue weighted by atomic mass is 16.5. The van der Waals surface area contributed by atoms with Crippen LogP contribution in [0.15, 0.2) is 34.9 Å². The number of aromatic nitrogens is 1. The van der Waals surface area contributed by atoms with Crippen LogP contribution in [0.4, 0.5) is 5.82 Å². The number of amides is 1. The lowest BCUT2D eigenvalue weighted by atomic mass is 10.2. The van der Waals surface area contributed by atoms with Crippen molar-refractivity contribution in [3.05, 3.63) is 41.7 Å². The summed E-state index contributed by atoms with van der Waals surface area (Å²) in [6.07, 6.45) is 0. The zero-order valence-electron chi connectivity index (χ0n) is 11.5. The number of hydrogen-bond donors (Lipinski definition) is 2. The number of anilines is 1. The van der Waals surface area contributed by atoms with E-state index >= 15 is 0 Å². The van der Waals surface area contributed by atoms with Crippen molar-refractivity contribution in [2.45, 2.75) is 13.5 Å². The molecule has 0 unspecified atom stereocenters. The molecule has 0 atom stereocenters. The van der Waals surface area contributed by atoms with E-state index in [2.05, 4.69) is 15.8 Å². The molecular formula is C14H17N3O3. The van der Waals surface area contributed by atoms with E-state index in [1.807, 2.05) is 31.3 Å². The number of hydrogen-bond acceptors (Lipinski definition) is 5.